The van der Waals surface area contributed by atoms with E-state index in [0.717, 1.165) is 26.0 Å². The summed E-state index contributed by atoms with van der Waals surface area (Å²) in [7, 11) is 1.75. The van der Waals surface area contributed by atoms with Crippen LogP contribution in [0.3, 0.4) is 0 Å². The van der Waals surface area contributed by atoms with Gasteiger partial charge in [0.1, 0.15) is 0 Å². The fourth-order valence-corrected chi connectivity index (χ4v) is 2.27. The molecule has 1 aromatic rings. The third kappa shape index (κ3) is 6.71. The van der Waals surface area contributed by atoms with E-state index in [0.29, 0.717) is 12.0 Å². The normalized spacial score (nSPS) is 12.9. The van der Waals surface area contributed by atoms with Crippen molar-refractivity contribution in [1.29, 1.82) is 0 Å². The lowest BCUT2D eigenvalue weighted by Gasteiger charge is -2.20. The second-order valence-electron chi connectivity index (χ2n) is 5.46. The van der Waals surface area contributed by atoms with Crippen LogP contribution in [0.15, 0.2) is 24.3 Å². The number of rotatable bonds is 9. The first-order valence-corrected chi connectivity index (χ1v) is 7.06. The maximum absolute atomic E-state index is 8.97. The van der Waals surface area contributed by atoms with Crippen molar-refractivity contribution in [2.75, 3.05) is 20.3 Å². The van der Waals surface area contributed by atoms with Gasteiger partial charge in [0.05, 0.1) is 6.61 Å². The minimum absolute atomic E-state index is 0.205. The lowest BCUT2D eigenvalue weighted by molar-refractivity contribution is 0.156. The Kier molecular flexibility index (Phi) is 7.72. The molecule has 0 spiro atoms. The Balaban J connectivity index is 2.50. The fraction of sp³-hybridized carbons (Fsp3) is 0.625. The van der Waals surface area contributed by atoms with Crippen molar-refractivity contribution in [1.82, 2.24) is 5.32 Å². The van der Waals surface area contributed by atoms with Crippen LogP contribution in [0.4, 0.5) is 0 Å². The number of hydrogen-bond donors (Lipinski definition) is 2. The molecule has 0 aliphatic carbocycles. The molecule has 0 aromatic heterocycles. The Bertz CT molecular complexity index is 352. The van der Waals surface area contributed by atoms with Crippen molar-refractivity contribution in [3.05, 3.63) is 35.4 Å². The maximum atomic E-state index is 8.97. The summed E-state index contributed by atoms with van der Waals surface area (Å²) in [6.07, 6.45) is 1.84. The van der Waals surface area contributed by atoms with Crippen LogP contribution < -0.4 is 5.32 Å². The van der Waals surface area contributed by atoms with Crippen LogP contribution in [0.1, 0.15) is 31.4 Å². The van der Waals surface area contributed by atoms with E-state index in [1.807, 2.05) is 0 Å². The van der Waals surface area contributed by atoms with Crippen molar-refractivity contribution in [3.63, 3.8) is 0 Å². The first-order chi connectivity index (χ1) is 9.15. The van der Waals surface area contributed by atoms with Gasteiger partial charge in [-0.05, 0) is 29.9 Å². The van der Waals surface area contributed by atoms with Crippen LogP contribution in [0.25, 0.3) is 0 Å². The van der Waals surface area contributed by atoms with Crippen molar-refractivity contribution >= 4 is 0 Å². The maximum Gasteiger partial charge on any atom is 0.0616 e. The highest BCUT2D eigenvalue weighted by Gasteiger charge is 2.10. The SMILES string of the molecule is COC[C@H](CC(C)C)NCc1cccc(CCO)c1. The third-order valence-electron chi connectivity index (χ3n) is 3.11. The van der Waals surface area contributed by atoms with Gasteiger partial charge >= 0.3 is 0 Å². The minimum atomic E-state index is 0.205. The Morgan fingerprint density at radius 1 is 1.26 bits per heavy atom. The Labute approximate surface area is 117 Å². The Morgan fingerprint density at radius 3 is 2.63 bits per heavy atom. The van der Waals surface area contributed by atoms with Gasteiger partial charge in [-0.2, -0.15) is 0 Å². The smallest absolute Gasteiger partial charge is 0.0616 e. The van der Waals surface area contributed by atoms with E-state index < -0.39 is 0 Å². The standard InChI is InChI=1S/C16H27NO2/c1-13(2)9-16(12-19-3)17-11-15-6-4-5-14(10-15)7-8-18/h4-6,10,13,16-18H,7-9,11-12H2,1-3H3/t16-/m0/s1. The quantitative estimate of drug-likeness (QED) is 0.720. The number of nitrogens with one attached hydrogen (secondary N) is 1. The van der Waals surface area contributed by atoms with E-state index in [-0.39, 0.29) is 6.61 Å². The van der Waals surface area contributed by atoms with Crippen molar-refractivity contribution < 1.29 is 9.84 Å². The molecule has 3 heteroatoms. The molecule has 3 nitrogen and oxygen atoms in total. The number of hydrogen-bond acceptors (Lipinski definition) is 3. The molecule has 0 fully saturated rings. The summed E-state index contributed by atoms with van der Waals surface area (Å²) >= 11 is 0. The van der Waals surface area contributed by atoms with Gasteiger partial charge in [0.15, 0.2) is 0 Å². The molecule has 0 heterocycles. The highest BCUT2D eigenvalue weighted by molar-refractivity contribution is 5.23. The second kappa shape index (κ2) is 9.08. The number of aliphatic hydroxyl groups excluding tert-OH is 1. The highest BCUT2D eigenvalue weighted by Crippen LogP contribution is 2.09. The summed E-state index contributed by atoms with van der Waals surface area (Å²) in [5.41, 5.74) is 2.45. The number of benzene rings is 1. The van der Waals surface area contributed by atoms with Crippen molar-refractivity contribution in [3.8, 4) is 0 Å². The number of ether oxygens (including phenoxy) is 1. The molecule has 1 rings (SSSR count). The molecule has 108 valence electrons. The molecule has 0 amide bonds. The predicted molar refractivity (Wildman–Crippen MR) is 79.2 cm³/mol. The zero-order chi connectivity index (χ0) is 14.1. The number of methoxy groups -OCH3 is 1. The second-order valence-corrected chi connectivity index (χ2v) is 5.46. The monoisotopic (exact) mass is 265 g/mol. The Hall–Kier alpha value is -0.900. The van der Waals surface area contributed by atoms with Gasteiger partial charge in [0.25, 0.3) is 0 Å². The van der Waals surface area contributed by atoms with E-state index in [2.05, 4.69) is 43.4 Å². The van der Waals surface area contributed by atoms with Gasteiger partial charge in [0.2, 0.25) is 0 Å². The summed E-state index contributed by atoms with van der Waals surface area (Å²) in [6.45, 7) is 6.25. The molecule has 0 radical (unpaired) electrons. The molecule has 0 bridgehead atoms. The zero-order valence-corrected chi connectivity index (χ0v) is 12.4. The molecule has 0 saturated heterocycles. The minimum Gasteiger partial charge on any atom is -0.396 e. The fourth-order valence-electron chi connectivity index (χ4n) is 2.27. The van der Waals surface area contributed by atoms with Gasteiger partial charge < -0.3 is 15.2 Å². The van der Waals surface area contributed by atoms with Gasteiger partial charge in [0, 0.05) is 26.3 Å². The summed E-state index contributed by atoms with van der Waals surface area (Å²) < 4.78 is 5.26. The van der Waals surface area contributed by atoms with E-state index in [1.165, 1.54) is 11.1 Å². The summed E-state index contributed by atoms with van der Waals surface area (Å²) in [4.78, 5) is 0. The molecule has 0 aliphatic heterocycles. The molecule has 2 N–H and O–H groups in total. The van der Waals surface area contributed by atoms with Crippen LogP contribution in [0, 0.1) is 5.92 Å². The molecule has 19 heavy (non-hydrogen) atoms. The van der Waals surface area contributed by atoms with Crippen LogP contribution in [0.2, 0.25) is 0 Å². The predicted octanol–water partition coefficient (Wildman–Crippen LogP) is 2.37. The molecule has 1 atom stereocenters. The third-order valence-corrected chi connectivity index (χ3v) is 3.11. The first kappa shape index (κ1) is 16.2. The van der Waals surface area contributed by atoms with Crippen molar-refractivity contribution in [2.24, 2.45) is 5.92 Å². The van der Waals surface area contributed by atoms with E-state index in [1.54, 1.807) is 7.11 Å². The van der Waals surface area contributed by atoms with Gasteiger partial charge in [-0.3, -0.25) is 0 Å². The largest absolute Gasteiger partial charge is 0.396 e. The summed E-state index contributed by atoms with van der Waals surface area (Å²) in [5.74, 6) is 0.661. The Morgan fingerprint density at radius 2 is 2.00 bits per heavy atom. The first-order valence-electron chi connectivity index (χ1n) is 7.06. The average Bonchev–Trinajstić information content (AvgIpc) is 2.36. The lowest BCUT2D eigenvalue weighted by Crippen LogP contribution is -2.34. The van der Waals surface area contributed by atoms with Crippen LogP contribution in [-0.2, 0) is 17.7 Å². The van der Waals surface area contributed by atoms with E-state index in [9.17, 15) is 0 Å². The highest BCUT2D eigenvalue weighted by atomic mass is 16.5. The van der Waals surface area contributed by atoms with Gasteiger partial charge in [-0.1, -0.05) is 38.1 Å². The molecule has 0 unspecified atom stereocenters. The van der Waals surface area contributed by atoms with Crippen LogP contribution in [-0.4, -0.2) is 31.5 Å². The number of aliphatic hydroxyl groups is 1. The van der Waals surface area contributed by atoms with Gasteiger partial charge in [-0.25, -0.2) is 0 Å². The zero-order valence-electron chi connectivity index (χ0n) is 12.4. The molecule has 0 aliphatic rings. The van der Waals surface area contributed by atoms with E-state index in [4.69, 9.17) is 9.84 Å². The average molecular weight is 265 g/mol. The summed E-state index contributed by atoms with van der Waals surface area (Å²) in [5, 5.41) is 12.5. The summed E-state index contributed by atoms with van der Waals surface area (Å²) in [6, 6.07) is 8.78. The molecule has 1 aromatic carbocycles. The van der Waals surface area contributed by atoms with E-state index >= 15 is 0 Å². The molecular formula is C16H27NO2. The molecule has 0 saturated carbocycles. The topological polar surface area (TPSA) is 41.5 Å². The van der Waals surface area contributed by atoms with Gasteiger partial charge in [-0.15, -0.1) is 0 Å². The molecular weight excluding hydrogens is 238 g/mol. The lowest BCUT2D eigenvalue weighted by atomic mass is 10.0. The van der Waals surface area contributed by atoms with Crippen molar-refractivity contribution in [2.45, 2.75) is 39.3 Å². The van der Waals surface area contributed by atoms with Crippen LogP contribution >= 0.6 is 0 Å². The van der Waals surface area contributed by atoms with Crippen LogP contribution in [0.5, 0.6) is 0 Å².